The summed E-state index contributed by atoms with van der Waals surface area (Å²) in [6.45, 7) is 5.46. The molecule has 0 spiro atoms. The Balaban J connectivity index is 1.49. The number of aliphatic imine (C=N–C) groups is 1. The van der Waals surface area contributed by atoms with E-state index in [1.165, 1.54) is 4.57 Å². The van der Waals surface area contributed by atoms with Crippen LogP contribution < -0.4 is 28.2 Å². The smallest absolute Gasteiger partial charge is 0.354 e. The molecule has 11 heteroatoms. The predicted octanol–water partition coefficient (Wildman–Crippen LogP) is 4.37. The van der Waals surface area contributed by atoms with Crippen LogP contribution in [-0.2, 0) is 13.0 Å². The van der Waals surface area contributed by atoms with E-state index >= 15 is 4.39 Å². The Kier molecular flexibility index (Phi) is 10.1. The SMILES string of the molecule is CC[C@@H](CCNCc1ccc(-n2cc3cc(-c4cc(CCC[C@H](C)N)cc(Cl)c4F)[nH]c3nc2=O)cc1)N=C(N)N. The molecule has 218 valence electrons. The quantitative estimate of drug-likeness (QED) is 0.0898. The van der Waals surface area contributed by atoms with Gasteiger partial charge in [-0.25, -0.2) is 9.18 Å². The molecule has 2 aromatic heterocycles. The van der Waals surface area contributed by atoms with Crippen molar-refractivity contribution in [1.82, 2.24) is 19.9 Å². The van der Waals surface area contributed by atoms with Crippen LogP contribution in [0.2, 0.25) is 5.02 Å². The van der Waals surface area contributed by atoms with Gasteiger partial charge in [-0.2, -0.15) is 4.98 Å². The van der Waals surface area contributed by atoms with Gasteiger partial charge in [0.15, 0.2) is 11.8 Å². The standard InChI is InChI=1S/C30H38ClFN8O/c1-3-22(37-29(34)35)11-12-36-16-19-7-9-23(10-8-19)40-17-21-15-26(38-28(21)39-30(40)41)24-13-20(6-4-5-18(2)33)14-25(31)27(24)32/h7-10,13-15,17-18,22,36H,3-6,11-12,16,33H2,1-2H3,(H4,34,35,37)(H,38,39,41)/t18-,22-/m0/s1. The molecule has 41 heavy (non-hydrogen) atoms. The zero-order chi connectivity index (χ0) is 29.5. The number of nitrogens with two attached hydrogens (primary N) is 3. The molecule has 0 aliphatic rings. The van der Waals surface area contributed by atoms with Crippen LogP contribution in [0.5, 0.6) is 0 Å². The molecule has 8 N–H and O–H groups in total. The van der Waals surface area contributed by atoms with Crippen molar-refractivity contribution in [2.45, 2.75) is 64.6 Å². The minimum absolute atomic E-state index is 0.0537. The summed E-state index contributed by atoms with van der Waals surface area (Å²) in [5.74, 6) is -0.407. The topological polar surface area (TPSA) is 153 Å². The minimum atomic E-state index is -0.518. The Morgan fingerprint density at radius 3 is 2.61 bits per heavy atom. The number of H-pyrrole nitrogens is 1. The van der Waals surface area contributed by atoms with E-state index in [0.717, 1.165) is 49.8 Å². The van der Waals surface area contributed by atoms with Crippen LogP contribution in [0.25, 0.3) is 28.0 Å². The number of hydrogen-bond donors (Lipinski definition) is 5. The average Bonchev–Trinajstić information content (AvgIpc) is 3.34. The molecule has 4 aromatic rings. The summed E-state index contributed by atoms with van der Waals surface area (Å²) in [6.07, 6.45) is 5.89. The number of aromatic nitrogens is 3. The molecule has 0 aliphatic heterocycles. The Bertz CT molecular complexity index is 1560. The van der Waals surface area contributed by atoms with Gasteiger partial charge in [-0.3, -0.25) is 9.56 Å². The number of fused-ring (bicyclic) bond motifs is 1. The van der Waals surface area contributed by atoms with Gasteiger partial charge in [-0.1, -0.05) is 30.7 Å². The highest BCUT2D eigenvalue weighted by Gasteiger charge is 2.15. The molecule has 0 unspecified atom stereocenters. The fourth-order valence-electron chi connectivity index (χ4n) is 4.78. The molecule has 2 atom stereocenters. The number of nitrogens with one attached hydrogen (secondary N) is 2. The summed E-state index contributed by atoms with van der Waals surface area (Å²) in [7, 11) is 0. The van der Waals surface area contributed by atoms with Crippen LogP contribution in [0.3, 0.4) is 0 Å². The first kappa shape index (κ1) is 30.2. The highest BCUT2D eigenvalue weighted by molar-refractivity contribution is 6.31. The van der Waals surface area contributed by atoms with Gasteiger partial charge in [0, 0.05) is 29.7 Å². The van der Waals surface area contributed by atoms with Crippen LogP contribution in [0.15, 0.2) is 58.4 Å². The number of rotatable bonds is 13. The first-order valence-corrected chi connectivity index (χ1v) is 14.3. The summed E-state index contributed by atoms with van der Waals surface area (Å²) in [5.41, 5.74) is 20.3. The monoisotopic (exact) mass is 580 g/mol. The van der Waals surface area contributed by atoms with Crippen LogP contribution in [0, 0.1) is 5.82 Å². The molecule has 0 radical (unpaired) electrons. The number of aryl methyl sites for hydroxylation is 1. The number of hydrogen-bond acceptors (Lipinski definition) is 5. The van der Waals surface area contributed by atoms with Gasteiger partial charge < -0.3 is 27.5 Å². The largest absolute Gasteiger partial charge is 0.370 e. The third-order valence-corrected chi connectivity index (χ3v) is 7.29. The first-order chi connectivity index (χ1) is 19.6. The van der Waals surface area contributed by atoms with Crippen LogP contribution in [-0.4, -0.2) is 39.1 Å². The Labute approximate surface area is 244 Å². The summed E-state index contributed by atoms with van der Waals surface area (Å²) in [4.78, 5) is 24.4. The van der Waals surface area contributed by atoms with Crippen molar-refractivity contribution in [3.8, 4) is 16.9 Å². The van der Waals surface area contributed by atoms with Crippen molar-refractivity contribution in [3.05, 3.63) is 81.1 Å². The molecule has 0 aliphatic carbocycles. The van der Waals surface area contributed by atoms with Crippen molar-refractivity contribution >= 4 is 28.6 Å². The Hall–Kier alpha value is -3.73. The summed E-state index contributed by atoms with van der Waals surface area (Å²) < 4.78 is 16.5. The molecule has 2 aromatic carbocycles. The van der Waals surface area contributed by atoms with E-state index in [1.807, 2.05) is 31.2 Å². The predicted molar refractivity (Wildman–Crippen MR) is 165 cm³/mol. The second-order valence-electron chi connectivity index (χ2n) is 10.4. The number of benzene rings is 2. The molecule has 9 nitrogen and oxygen atoms in total. The molecule has 0 bridgehead atoms. The molecule has 0 amide bonds. The van der Waals surface area contributed by atoms with Crippen LogP contribution in [0.1, 0.15) is 50.7 Å². The van der Waals surface area contributed by atoms with Crippen molar-refractivity contribution in [2.75, 3.05) is 6.54 Å². The molecule has 2 heterocycles. The van der Waals surface area contributed by atoms with E-state index < -0.39 is 11.5 Å². The third-order valence-electron chi connectivity index (χ3n) is 7.01. The number of guanidine groups is 1. The van der Waals surface area contributed by atoms with Gasteiger partial charge in [0.1, 0.15) is 5.65 Å². The van der Waals surface area contributed by atoms with E-state index in [-0.39, 0.29) is 23.1 Å². The average molecular weight is 581 g/mol. The molecular formula is C30H38ClFN8O. The second kappa shape index (κ2) is 13.8. The molecule has 0 saturated heterocycles. The van der Waals surface area contributed by atoms with Gasteiger partial charge in [0.05, 0.1) is 22.4 Å². The highest BCUT2D eigenvalue weighted by Crippen LogP contribution is 2.31. The van der Waals surface area contributed by atoms with Crippen molar-refractivity contribution in [2.24, 2.45) is 22.2 Å². The van der Waals surface area contributed by atoms with Gasteiger partial charge in [0.25, 0.3) is 0 Å². The normalized spacial score (nSPS) is 12.9. The first-order valence-electron chi connectivity index (χ1n) is 13.9. The maximum Gasteiger partial charge on any atom is 0.354 e. The second-order valence-corrected chi connectivity index (χ2v) is 10.8. The number of nitrogens with zero attached hydrogens (tertiary/aromatic N) is 3. The van der Waals surface area contributed by atoms with Crippen LogP contribution in [0.4, 0.5) is 4.39 Å². The summed E-state index contributed by atoms with van der Waals surface area (Å²) in [5, 5.41) is 4.13. The lowest BCUT2D eigenvalue weighted by molar-refractivity contribution is 0.550. The van der Waals surface area contributed by atoms with E-state index in [1.54, 1.807) is 24.4 Å². The fraction of sp³-hybridized carbons (Fsp3) is 0.367. The van der Waals surface area contributed by atoms with Crippen LogP contribution >= 0.6 is 11.6 Å². The van der Waals surface area contributed by atoms with Gasteiger partial charge in [0.2, 0.25) is 0 Å². The number of aromatic amines is 1. The van der Waals surface area contributed by atoms with Gasteiger partial charge in [-0.05, 0) is 87.0 Å². The Morgan fingerprint density at radius 1 is 1.17 bits per heavy atom. The zero-order valence-corrected chi connectivity index (χ0v) is 24.2. The molecule has 0 saturated carbocycles. The molecule has 0 fully saturated rings. The third kappa shape index (κ3) is 7.93. The van der Waals surface area contributed by atoms with E-state index in [0.29, 0.717) is 34.5 Å². The van der Waals surface area contributed by atoms with Crippen molar-refractivity contribution < 1.29 is 4.39 Å². The zero-order valence-electron chi connectivity index (χ0n) is 23.5. The summed E-state index contributed by atoms with van der Waals surface area (Å²) >= 11 is 6.23. The van der Waals surface area contributed by atoms with Gasteiger partial charge in [-0.15, -0.1) is 0 Å². The van der Waals surface area contributed by atoms with Crippen molar-refractivity contribution in [1.29, 1.82) is 0 Å². The minimum Gasteiger partial charge on any atom is -0.370 e. The van der Waals surface area contributed by atoms with Gasteiger partial charge >= 0.3 is 5.69 Å². The molecular weight excluding hydrogens is 543 g/mol. The maximum absolute atomic E-state index is 15.0. The lowest BCUT2D eigenvalue weighted by atomic mass is 10.0. The van der Waals surface area contributed by atoms with E-state index in [9.17, 15) is 4.79 Å². The maximum atomic E-state index is 15.0. The highest BCUT2D eigenvalue weighted by atomic mass is 35.5. The van der Waals surface area contributed by atoms with E-state index in [2.05, 4.69) is 27.2 Å². The van der Waals surface area contributed by atoms with E-state index in [4.69, 9.17) is 28.8 Å². The molecule has 4 rings (SSSR count). The van der Waals surface area contributed by atoms with Crippen molar-refractivity contribution in [3.63, 3.8) is 0 Å². The Morgan fingerprint density at radius 2 is 1.93 bits per heavy atom. The lowest BCUT2D eigenvalue weighted by Gasteiger charge is -2.11. The summed E-state index contributed by atoms with van der Waals surface area (Å²) in [6, 6.07) is 13.1. The fourth-order valence-corrected chi connectivity index (χ4v) is 5.03. The number of halogens is 2. The lowest BCUT2D eigenvalue weighted by Crippen LogP contribution is -2.27.